The minimum Gasteiger partial charge on any atom is -0.369 e. The summed E-state index contributed by atoms with van der Waals surface area (Å²) < 4.78 is 2.28. The molecule has 1 aromatic carbocycles. The van der Waals surface area contributed by atoms with Crippen molar-refractivity contribution in [1.29, 1.82) is 0 Å². The topological polar surface area (TPSA) is 43.8 Å². The molecule has 19 heavy (non-hydrogen) atoms. The average Bonchev–Trinajstić information content (AvgIpc) is 2.70. The number of para-hydroxylation sites is 1. The first-order chi connectivity index (χ1) is 9.08. The highest BCUT2D eigenvalue weighted by Crippen LogP contribution is 2.39. The van der Waals surface area contributed by atoms with Gasteiger partial charge in [-0.05, 0) is 49.7 Å². The summed E-state index contributed by atoms with van der Waals surface area (Å²) in [5.41, 5.74) is 9.72. The van der Waals surface area contributed by atoms with Crippen LogP contribution in [0.4, 0.5) is 5.95 Å². The van der Waals surface area contributed by atoms with E-state index in [1.54, 1.807) is 0 Å². The quantitative estimate of drug-likeness (QED) is 0.841. The summed E-state index contributed by atoms with van der Waals surface area (Å²) in [4.78, 5) is 4.53. The number of nitrogen functional groups attached to an aromatic ring is 1. The zero-order chi connectivity index (χ0) is 13.6. The summed E-state index contributed by atoms with van der Waals surface area (Å²) >= 11 is 0. The number of hydrogen-bond acceptors (Lipinski definition) is 2. The Labute approximate surface area is 114 Å². The summed E-state index contributed by atoms with van der Waals surface area (Å²) in [5.74, 6) is 2.27. The van der Waals surface area contributed by atoms with E-state index >= 15 is 0 Å². The molecule has 2 N–H and O–H groups in total. The minimum atomic E-state index is 0.511. The van der Waals surface area contributed by atoms with Crippen LogP contribution >= 0.6 is 0 Å². The lowest BCUT2D eigenvalue weighted by Crippen LogP contribution is -2.24. The van der Waals surface area contributed by atoms with E-state index in [0.29, 0.717) is 12.0 Å². The van der Waals surface area contributed by atoms with Crippen LogP contribution in [0, 0.1) is 18.8 Å². The highest BCUT2D eigenvalue weighted by Gasteiger charge is 2.28. The number of nitrogens with two attached hydrogens (primary N) is 1. The second kappa shape index (κ2) is 4.55. The molecule has 1 heterocycles. The van der Waals surface area contributed by atoms with Crippen molar-refractivity contribution in [3.8, 4) is 0 Å². The first kappa shape index (κ1) is 12.5. The largest absolute Gasteiger partial charge is 0.369 e. The molecule has 1 aliphatic rings. The van der Waals surface area contributed by atoms with Crippen molar-refractivity contribution in [3.63, 3.8) is 0 Å². The van der Waals surface area contributed by atoms with Gasteiger partial charge in [0.2, 0.25) is 5.95 Å². The Kier molecular flexibility index (Phi) is 3.00. The molecule has 102 valence electrons. The van der Waals surface area contributed by atoms with Crippen molar-refractivity contribution in [2.24, 2.45) is 11.8 Å². The number of hydrogen-bond donors (Lipinski definition) is 1. The maximum Gasteiger partial charge on any atom is 0.201 e. The van der Waals surface area contributed by atoms with Crippen molar-refractivity contribution in [1.82, 2.24) is 9.55 Å². The number of rotatable bonds is 1. The van der Waals surface area contributed by atoms with Crippen molar-refractivity contribution < 1.29 is 0 Å². The third-order valence-corrected chi connectivity index (χ3v) is 4.87. The maximum atomic E-state index is 6.19. The Bertz CT molecular complexity index is 599. The highest BCUT2D eigenvalue weighted by molar-refractivity contribution is 5.81. The first-order valence-corrected chi connectivity index (χ1v) is 7.31. The second-order valence-corrected chi connectivity index (χ2v) is 6.20. The summed E-state index contributed by atoms with van der Waals surface area (Å²) in [6, 6.07) is 6.77. The van der Waals surface area contributed by atoms with Gasteiger partial charge in [-0.25, -0.2) is 4.98 Å². The number of anilines is 1. The Hall–Kier alpha value is -1.51. The number of aromatic nitrogens is 2. The zero-order valence-corrected chi connectivity index (χ0v) is 12.1. The van der Waals surface area contributed by atoms with Gasteiger partial charge in [0.15, 0.2) is 0 Å². The summed E-state index contributed by atoms with van der Waals surface area (Å²) in [6.07, 6.45) is 3.72. The Balaban J connectivity index is 2.07. The van der Waals surface area contributed by atoms with E-state index in [2.05, 4.69) is 48.5 Å². The van der Waals surface area contributed by atoms with Crippen LogP contribution in [0.3, 0.4) is 0 Å². The van der Waals surface area contributed by atoms with Crippen LogP contribution in [0.1, 0.15) is 44.7 Å². The van der Waals surface area contributed by atoms with Crippen LogP contribution in [0.25, 0.3) is 11.0 Å². The van der Waals surface area contributed by atoms with Crippen LogP contribution in [-0.4, -0.2) is 9.55 Å². The smallest absolute Gasteiger partial charge is 0.201 e. The molecule has 0 amide bonds. The number of benzene rings is 1. The normalized spacial score (nSPS) is 27.8. The molecule has 0 saturated heterocycles. The highest BCUT2D eigenvalue weighted by atomic mass is 15.2. The molecule has 3 nitrogen and oxygen atoms in total. The number of nitrogens with zero attached hydrogens (tertiary/aromatic N) is 2. The Morgan fingerprint density at radius 1 is 1.21 bits per heavy atom. The standard InChI is InChI=1S/C16H23N3/c1-10-7-8-13(9-12(10)3)19-15-11(2)5-4-6-14(15)18-16(19)17/h4-6,10,12-13H,7-9H2,1-3H3,(H2,17,18). The lowest BCUT2D eigenvalue weighted by Gasteiger charge is -2.33. The Morgan fingerprint density at radius 2 is 2.00 bits per heavy atom. The van der Waals surface area contributed by atoms with Crippen LogP contribution in [0.15, 0.2) is 18.2 Å². The van der Waals surface area contributed by atoms with Gasteiger partial charge in [-0.1, -0.05) is 26.0 Å². The van der Waals surface area contributed by atoms with E-state index in [1.165, 1.54) is 30.3 Å². The molecule has 0 spiro atoms. The molecule has 0 radical (unpaired) electrons. The molecule has 3 unspecified atom stereocenters. The van der Waals surface area contributed by atoms with Crippen molar-refractivity contribution in [2.75, 3.05) is 5.73 Å². The predicted molar refractivity (Wildman–Crippen MR) is 80.1 cm³/mol. The molecule has 0 bridgehead atoms. The number of aryl methyl sites for hydroxylation is 1. The van der Waals surface area contributed by atoms with Crippen LogP contribution in [0.5, 0.6) is 0 Å². The third kappa shape index (κ3) is 2.01. The molecular weight excluding hydrogens is 234 g/mol. The van der Waals surface area contributed by atoms with Gasteiger partial charge in [0.05, 0.1) is 11.0 Å². The number of imidazole rings is 1. The lowest BCUT2D eigenvalue weighted by molar-refractivity contribution is 0.215. The van der Waals surface area contributed by atoms with Crippen LogP contribution in [0.2, 0.25) is 0 Å². The fourth-order valence-corrected chi connectivity index (χ4v) is 3.46. The molecule has 0 aliphatic heterocycles. The average molecular weight is 257 g/mol. The van der Waals surface area contributed by atoms with E-state index in [4.69, 9.17) is 5.73 Å². The molecule has 3 heteroatoms. The molecule has 1 aliphatic carbocycles. The van der Waals surface area contributed by atoms with Crippen molar-refractivity contribution in [3.05, 3.63) is 23.8 Å². The molecule has 1 fully saturated rings. The van der Waals surface area contributed by atoms with Gasteiger partial charge < -0.3 is 10.3 Å². The van der Waals surface area contributed by atoms with Gasteiger partial charge in [0.25, 0.3) is 0 Å². The van der Waals surface area contributed by atoms with E-state index in [0.717, 1.165) is 17.4 Å². The SMILES string of the molecule is Cc1cccc2nc(N)n(C3CCC(C)C(C)C3)c12. The Morgan fingerprint density at radius 3 is 2.74 bits per heavy atom. The first-order valence-electron chi connectivity index (χ1n) is 7.31. The summed E-state index contributed by atoms with van der Waals surface area (Å²) in [5, 5.41) is 0. The van der Waals surface area contributed by atoms with Crippen molar-refractivity contribution in [2.45, 2.75) is 46.1 Å². The number of fused-ring (bicyclic) bond motifs is 1. The van der Waals surface area contributed by atoms with Gasteiger partial charge in [0.1, 0.15) is 0 Å². The van der Waals surface area contributed by atoms with Gasteiger partial charge in [-0.15, -0.1) is 0 Å². The molecule has 3 rings (SSSR count). The predicted octanol–water partition coefficient (Wildman–Crippen LogP) is 3.92. The third-order valence-electron chi connectivity index (χ3n) is 4.87. The van der Waals surface area contributed by atoms with E-state index < -0.39 is 0 Å². The minimum absolute atomic E-state index is 0.511. The lowest BCUT2D eigenvalue weighted by atomic mass is 9.79. The van der Waals surface area contributed by atoms with E-state index in [9.17, 15) is 0 Å². The maximum absolute atomic E-state index is 6.19. The van der Waals surface area contributed by atoms with Crippen LogP contribution in [-0.2, 0) is 0 Å². The fraction of sp³-hybridized carbons (Fsp3) is 0.562. The van der Waals surface area contributed by atoms with Gasteiger partial charge >= 0.3 is 0 Å². The molecular formula is C16H23N3. The monoisotopic (exact) mass is 257 g/mol. The fourth-order valence-electron chi connectivity index (χ4n) is 3.46. The van der Waals surface area contributed by atoms with E-state index in [1.807, 2.05) is 0 Å². The second-order valence-electron chi connectivity index (χ2n) is 6.20. The summed E-state index contributed by atoms with van der Waals surface area (Å²) in [6.45, 7) is 6.87. The summed E-state index contributed by atoms with van der Waals surface area (Å²) in [7, 11) is 0. The van der Waals surface area contributed by atoms with Crippen molar-refractivity contribution >= 4 is 17.0 Å². The molecule has 2 aromatic rings. The van der Waals surface area contributed by atoms with Gasteiger partial charge in [0, 0.05) is 6.04 Å². The molecule has 3 atom stereocenters. The van der Waals surface area contributed by atoms with Gasteiger partial charge in [-0.3, -0.25) is 0 Å². The molecule has 1 saturated carbocycles. The van der Waals surface area contributed by atoms with Gasteiger partial charge in [-0.2, -0.15) is 0 Å². The van der Waals surface area contributed by atoms with E-state index in [-0.39, 0.29) is 0 Å². The van der Waals surface area contributed by atoms with Crippen LogP contribution < -0.4 is 5.73 Å². The zero-order valence-electron chi connectivity index (χ0n) is 12.1. The molecule has 1 aromatic heterocycles.